The van der Waals surface area contributed by atoms with Crippen molar-refractivity contribution in [2.75, 3.05) is 11.9 Å². The number of fused-ring (bicyclic) bond motifs is 1. The molecular weight excluding hydrogens is 306 g/mol. The van der Waals surface area contributed by atoms with Crippen LogP contribution < -0.4 is 21.5 Å². The summed E-state index contributed by atoms with van der Waals surface area (Å²) in [4.78, 5) is 16.4. The minimum absolute atomic E-state index is 0.213. The molecule has 0 saturated carbocycles. The summed E-state index contributed by atoms with van der Waals surface area (Å²) in [5, 5.41) is 7.06. The van der Waals surface area contributed by atoms with Crippen LogP contribution in [0, 0.1) is 0 Å². The number of thiazole rings is 1. The van der Waals surface area contributed by atoms with Gasteiger partial charge in [0.25, 0.3) is 5.91 Å². The van der Waals surface area contributed by atoms with Gasteiger partial charge in [0.1, 0.15) is 6.04 Å². The number of nitrogens with one attached hydrogen (secondary N) is 4. The zero-order valence-corrected chi connectivity index (χ0v) is 13.4. The predicted molar refractivity (Wildman–Crippen MR) is 90.3 cm³/mol. The Bertz CT molecular complexity index is 609. The van der Waals surface area contributed by atoms with E-state index in [9.17, 15) is 4.79 Å². The van der Waals surface area contributed by atoms with E-state index in [-0.39, 0.29) is 5.91 Å². The van der Waals surface area contributed by atoms with Gasteiger partial charge in [0.15, 0.2) is 10.2 Å². The normalized spacial score (nSPS) is 11.7. The second-order valence-corrected chi connectivity index (χ2v) is 5.77. The molecular formula is C13H17N5OS2. The molecule has 6 nitrogen and oxygen atoms in total. The molecule has 0 aliphatic heterocycles. The van der Waals surface area contributed by atoms with Crippen LogP contribution in [-0.4, -0.2) is 28.6 Å². The highest BCUT2D eigenvalue weighted by Crippen LogP contribution is 2.25. The molecule has 0 saturated heterocycles. The fourth-order valence-electron chi connectivity index (χ4n) is 1.62. The van der Waals surface area contributed by atoms with Crippen molar-refractivity contribution in [3.05, 3.63) is 24.3 Å². The molecule has 0 spiro atoms. The molecule has 1 amide bonds. The van der Waals surface area contributed by atoms with E-state index in [1.54, 1.807) is 6.92 Å². The average Bonchev–Trinajstić information content (AvgIpc) is 2.87. The highest BCUT2D eigenvalue weighted by molar-refractivity contribution is 7.80. The summed E-state index contributed by atoms with van der Waals surface area (Å²) in [6.45, 7) is 4.38. The number of aromatic nitrogens is 1. The molecule has 0 unspecified atom stereocenters. The van der Waals surface area contributed by atoms with Crippen molar-refractivity contribution in [2.45, 2.75) is 19.9 Å². The summed E-state index contributed by atoms with van der Waals surface area (Å²) >= 11 is 6.48. The van der Waals surface area contributed by atoms with Crippen molar-refractivity contribution >= 4 is 49.9 Å². The van der Waals surface area contributed by atoms with E-state index in [4.69, 9.17) is 12.2 Å². The van der Waals surface area contributed by atoms with Gasteiger partial charge in [-0.1, -0.05) is 23.5 Å². The van der Waals surface area contributed by atoms with Crippen molar-refractivity contribution in [2.24, 2.45) is 0 Å². The molecule has 0 aliphatic carbocycles. The Kier molecular flexibility index (Phi) is 5.29. The van der Waals surface area contributed by atoms with Crippen molar-refractivity contribution in [1.82, 2.24) is 21.2 Å². The fraction of sp³-hybridized carbons (Fsp3) is 0.308. The van der Waals surface area contributed by atoms with Gasteiger partial charge in [0.2, 0.25) is 0 Å². The fourth-order valence-corrected chi connectivity index (χ4v) is 2.76. The zero-order valence-electron chi connectivity index (χ0n) is 11.8. The quantitative estimate of drug-likeness (QED) is 0.506. The Balaban J connectivity index is 1.89. The standard InChI is InChI=1S/C13H17N5OS2/c1-3-14-12(20)18-17-11(19)8(2)15-13-16-9-6-4-5-7-10(9)21-13/h4-8H,3H2,1-2H3,(H,15,16)(H,17,19)(H2,14,18,20)/t8-/m1/s1. The molecule has 0 aliphatic rings. The Morgan fingerprint density at radius 3 is 2.86 bits per heavy atom. The van der Waals surface area contributed by atoms with Gasteiger partial charge < -0.3 is 10.6 Å². The first-order valence-electron chi connectivity index (χ1n) is 6.56. The van der Waals surface area contributed by atoms with Crippen LogP contribution in [0.25, 0.3) is 10.2 Å². The van der Waals surface area contributed by atoms with Gasteiger partial charge in [-0.25, -0.2) is 4.98 Å². The van der Waals surface area contributed by atoms with E-state index < -0.39 is 6.04 Å². The summed E-state index contributed by atoms with van der Waals surface area (Å²) in [6, 6.07) is 7.42. The maximum Gasteiger partial charge on any atom is 0.260 e. The minimum atomic E-state index is -0.428. The van der Waals surface area contributed by atoms with Crippen LogP contribution in [-0.2, 0) is 4.79 Å². The van der Waals surface area contributed by atoms with Gasteiger partial charge in [0, 0.05) is 6.54 Å². The van der Waals surface area contributed by atoms with Gasteiger partial charge in [-0.3, -0.25) is 15.6 Å². The molecule has 0 bridgehead atoms. The van der Waals surface area contributed by atoms with E-state index >= 15 is 0 Å². The van der Waals surface area contributed by atoms with Crippen molar-refractivity contribution in [3.8, 4) is 0 Å². The second-order valence-electron chi connectivity index (χ2n) is 4.33. The number of benzene rings is 1. The van der Waals surface area contributed by atoms with Crippen molar-refractivity contribution < 1.29 is 4.79 Å². The maximum atomic E-state index is 11.9. The lowest BCUT2D eigenvalue weighted by Crippen LogP contribution is -2.50. The third-order valence-electron chi connectivity index (χ3n) is 2.66. The first-order valence-corrected chi connectivity index (χ1v) is 7.78. The van der Waals surface area contributed by atoms with Gasteiger partial charge in [-0.05, 0) is 38.2 Å². The number of hydrogen-bond acceptors (Lipinski definition) is 5. The van der Waals surface area contributed by atoms with Crippen LogP contribution in [0.1, 0.15) is 13.8 Å². The Labute approximate surface area is 132 Å². The minimum Gasteiger partial charge on any atom is -0.362 e. The summed E-state index contributed by atoms with van der Waals surface area (Å²) < 4.78 is 1.08. The number of carbonyl (C=O) groups is 1. The first kappa shape index (κ1) is 15.5. The number of rotatable bonds is 4. The topological polar surface area (TPSA) is 78.1 Å². The van der Waals surface area contributed by atoms with Crippen LogP contribution in [0.2, 0.25) is 0 Å². The number of thiocarbonyl (C=S) groups is 1. The van der Waals surface area contributed by atoms with Crippen LogP contribution in [0.5, 0.6) is 0 Å². The van der Waals surface area contributed by atoms with Crippen LogP contribution in [0.4, 0.5) is 5.13 Å². The number of anilines is 1. The molecule has 2 rings (SSSR count). The van der Waals surface area contributed by atoms with Crippen molar-refractivity contribution in [3.63, 3.8) is 0 Å². The van der Waals surface area contributed by atoms with Crippen LogP contribution in [0.3, 0.4) is 0 Å². The summed E-state index contributed by atoms with van der Waals surface area (Å²) in [6.07, 6.45) is 0. The zero-order chi connectivity index (χ0) is 15.2. The molecule has 0 fully saturated rings. The molecule has 1 heterocycles. The van der Waals surface area contributed by atoms with Crippen LogP contribution >= 0.6 is 23.6 Å². The van der Waals surface area contributed by atoms with Gasteiger partial charge in [-0.15, -0.1) is 0 Å². The smallest absolute Gasteiger partial charge is 0.260 e. The number of para-hydroxylation sites is 1. The highest BCUT2D eigenvalue weighted by atomic mass is 32.1. The third kappa shape index (κ3) is 4.27. The number of nitrogens with zero attached hydrogens (tertiary/aromatic N) is 1. The summed E-state index contributed by atoms with van der Waals surface area (Å²) in [5.74, 6) is -0.213. The molecule has 1 aromatic heterocycles. The number of hydrogen-bond donors (Lipinski definition) is 4. The van der Waals surface area contributed by atoms with E-state index in [1.807, 2.05) is 31.2 Å². The third-order valence-corrected chi connectivity index (χ3v) is 3.88. The first-order chi connectivity index (χ1) is 10.1. The molecule has 0 radical (unpaired) electrons. The monoisotopic (exact) mass is 323 g/mol. The van der Waals surface area contributed by atoms with Crippen LogP contribution in [0.15, 0.2) is 24.3 Å². The largest absolute Gasteiger partial charge is 0.362 e. The molecule has 1 atom stereocenters. The van der Waals surface area contributed by atoms with Crippen molar-refractivity contribution in [1.29, 1.82) is 0 Å². The number of carbonyl (C=O) groups excluding carboxylic acids is 1. The lowest BCUT2D eigenvalue weighted by atomic mass is 10.3. The average molecular weight is 323 g/mol. The maximum absolute atomic E-state index is 11.9. The Morgan fingerprint density at radius 1 is 1.38 bits per heavy atom. The lowest BCUT2D eigenvalue weighted by molar-refractivity contribution is -0.122. The SMILES string of the molecule is CCNC(=S)NNC(=O)[C@@H](C)Nc1nc2ccccc2s1. The van der Waals surface area contributed by atoms with E-state index in [1.165, 1.54) is 11.3 Å². The number of amides is 1. The number of hydrazine groups is 1. The molecule has 1 aromatic carbocycles. The molecule has 21 heavy (non-hydrogen) atoms. The predicted octanol–water partition coefficient (Wildman–Crippen LogP) is 1.61. The molecule has 112 valence electrons. The molecule has 2 aromatic rings. The van der Waals surface area contributed by atoms with E-state index in [0.717, 1.165) is 10.2 Å². The highest BCUT2D eigenvalue weighted by Gasteiger charge is 2.14. The van der Waals surface area contributed by atoms with Gasteiger partial charge in [0.05, 0.1) is 10.2 Å². The van der Waals surface area contributed by atoms with E-state index in [2.05, 4.69) is 26.5 Å². The summed E-state index contributed by atoms with van der Waals surface area (Å²) in [5.41, 5.74) is 6.10. The van der Waals surface area contributed by atoms with Gasteiger partial charge in [-0.2, -0.15) is 0 Å². The van der Waals surface area contributed by atoms with E-state index in [0.29, 0.717) is 16.8 Å². The Morgan fingerprint density at radius 2 is 2.14 bits per heavy atom. The summed E-state index contributed by atoms with van der Waals surface area (Å²) in [7, 11) is 0. The second kappa shape index (κ2) is 7.19. The molecule has 4 N–H and O–H groups in total. The van der Waals surface area contributed by atoms with Gasteiger partial charge >= 0.3 is 0 Å². The Hall–Kier alpha value is -1.93. The molecule has 8 heteroatoms. The lowest BCUT2D eigenvalue weighted by Gasteiger charge is -2.15.